The van der Waals surface area contributed by atoms with E-state index in [4.69, 9.17) is 23.7 Å². The van der Waals surface area contributed by atoms with Crippen LogP contribution in [0.3, 0.4) is 0 Å². The molecule has 35 heavy (non-hydrogen) atoms. The van der Waals surface area contributed by atoms with E-state index in [0.29, 0.717) is 45.6 Å². The topological polar surface area (TPSA) is 85.2 Å². The maximum absolute atomic E-state index is 12.6. The Kier molecular flexibility index (Phi) is 4.92. The Morgan fingerprint density at radius 1 is 0.829 bits per heavy atom. The molecule has 0 fully saturated rings. The number of benzene rings is 3. The van der Waals surface area contributed by atoms with Crippen LogP contribution in [0.2, 0.25) is 0 Å². The largest absolute Gasteiger partial charge is 0.465 e. The van der Waals surface area contributed by atoms with Crippen molar-refractivity contribution in [3.63, 3.8) is 0 Å². The second-order valence-electron chi connectivity index (χ2n) is 7.93. The van der Waals surface area contributed by atoms with E-state index in [1.54, 1.807) is 34.9 Å². The quantitative estimate of drug-likeness (QED) is 0.305. The molecular formula is C27H19NO7. The molecule has 2 aliphatic rings. The summed E-state index contributed by atoms with van der Waals surface area (Å²) < 4.78 is 28.9. The molecule has 1 aromatic heterocycles. The summed E-state index contributed by atoms with van der Waals surface area (Å²) in [4.78, 5) is 24.9. The molecule has 2 aliphatic heterocycles. The van der Waals surface area contributed by atoms with Crippen molar-refractivity contribution in [2.75, 3.05) is 20.7 Å². The average Bonchev–Trinajstić information content (AvgIpc) is 3.65. The first kappa shape index (κ1) is 20.9. The number of ether oxygens (including phenoxy) is 5. The summed E-state index contributed by atoms with van der Waals surface area (Å²) in [5.74, 6) is 2.01. The molecule has 6 rings (SSSR count). The summed E-state index contributed by atoms with van der Waals surface area (Å²) >= 11 is 0. The summed E-state index contributed by atoms with van der Waals surface area (Å²) in [5, 5.41) is 0. The number of rotatable bonds is 5. The number of aromatic nitrogens is 1. The van der Waals surface area contributed by atoms with E-state index in [0.717, 1.165) is 23.0 Å². The van der Waals surface area contributed by atoms with Gasteiger partial charge >= 0.3 is 5.97 Å². The van der Waals surface area contributed by atoms with Crippen molar-refractivity contribution >= 4 is 12.3 Å². The van der Waals surface area contributed by atoms with Crippen LogP contribution in [0.4, 0.5) is 0 Å². The molecule has 0 atom stereocenters. The highest BCUT2D eigenvalue weighted by Gasteiger charge is 2.25. The van der Waals surface area contributed by atoms with Gasteiger partial charge in [-0.3, -0.25) is 4.79 Å². The second-order valence-corrected chi connectivity index (χ2v) is 7.93. The molecule has 0 amide bonds. The van der Waals surface area contributed by atoms with Crippen molar-refractivity contribution < 1.29 is 33.3 Å². The van der Waals surface area contributed by atoms with E-state index < -0.39 is 5.97 Å². The molecule has 8 heteroatoms. The number of carbonyl (C=O) groups is 2. The van der Waals surface area contributed by atoms with Crippen LogP contribution in [0.1, 0.15) is 20.8 Å². The van der Waals surface area contributed by atoms with Crippen molar-refractivity contribution in [3.8, 4) is 51.1 Å². The van der Waals surface area contributed by atoms with Crippen LogP contribution in [0.25, 0.3) is 28.1 Å². The molecule has 0 radical (unpaired) electrons. The Bertz CT molecular complexity index is 1490. The zero-order valence-corrected chi connectivity index (χ0v) is 18.6. The Labute approximate surface area is 200 Å². The van der Waals surface area contributed by atoms with Crippen LogP contribution in [-0.4, -0.2) is 37.5 Å². The lowest BCUT2D eigenvalue weighted by molar-refractivity contribution is 0.0600. The fourth-order valence-electron chi connectivity index (χ4n) is 4.44. The normalized spacial score (nSPS) is 13.1. The van der Waals surface area contributed by atoms with Gasteiger partial charge in [0, 0.05) is 11.1 Å². The minimum absolute atomic E-state index is 0.138. The van der Waals surface area contributed by atoms with E-state index in [-0.39, 0.29) is 13.6 Å². The minimum atomic E-state index is -0.507. The molecule has 174 valence electrons. The first-order valence-electron chi connectivity index (χ1n) is 10.9. The van der Waals surface area contributed by atoms with Gasteiger partial charge in [0.1, 0.15) is 0 Å². The predicted octanol–water partition coefficient (Wildman–Crippen LogP) is 4.87. The van der Waals surface area contributed by atoms with Crippen molar-refractivity contribution in [2.24, 2.45) is 0 Å². The van der Waals surface area contributed by atoms with Gasteiger partial charge < -0.3 is 28.3 Å². The number of hydrogen-bond donors (Lipinski definition) is 0. The molecule has 0 spiro atoms. The monoisotopic (exact) mass is 469 g/mol. The Morgan fingerprint density at radius 3 is 2.14 bits per heavy atom. The molecule has 0 aliphatic carbocycles. The van der Waals surface area contributed by atoms with Gasteiger partial charge in [-0.1, -0.05) is 18.2 Å². The van der Waals surface area contributed by atoms with Crippen LogP contribution in [0.15, 0.2) is 66.7 Å². The molecule has 0 unspecified atom stereocenters. The third kappa shape index (κ3) is 3.38. The van der Waals surface area contributed by atoms with Gasteiger partial charge in [-0.05, 0) is 54.1 Å². The van der Waals surface area contributed by atoms with Crippen LogP contribution in [0, 0.1) is 0 Å². The Hall–Kier alpha value is -4.72. The lowest BCUT2D eigenvalue weighted by Gasteiger charge is -2.16. The minimum Gasteiger partial charge on any atom is -0.465 e. The number of nitrogens with zero attached hydrogens (tertiary/aromatic N) is 1. The fourth-order valence-corrected chi connectivity index (χ4v) is 4.44. The van der Waals surface area contributed by atoms with Gasteiger partial charge in [0.15, 0.2) is 29.3 Å². The van der Waals surface area contributed by atoms with Gasteiger partial charge in [0.25, 0.3) is 0 Å². The highest BCUT2D eigenvalue weighted by atomic mass is 16.7. The zero-order valence-electron chi connectivity index (χ0n) is 18.6. The second kappa shape index (κ2) is 8.25. The standard InChI is InChI=1S/C27H19NO7/c1-31-27(30)19-4-2-3-5-21(19)28-18(13-29)12-20(16-6-8-22-24(10-16)34-14-32-22)26(28)17-7-9-23-25(11-17)35-15-33-23/h2-13H,14-15H2,1H3. The van der Waals surface area contributed by atoms with Gasteiger partial charge in [-0.25, -0.2) is 4.79 Å². The third-order valence-corrected chi connectivity index (χ3v) is 6.03. The van der Waals surface area contributed by atoms with Crippen LogP contribution in [0.5, 0.6) is 23.0 Å². The summed E-state index contributed by atoms with van der Waals surface area (Å²) in [7, 11) is 1.33. The average molecular weight is 469 g/mol. The maximum atomic E-state index is 12.6. The van der Waals surface area contributed by atoms with Crippen LogP contribution >= 0.6 is 0 Å². The summed E-state index contributed by atoms with van der Waals surface area (Å²) in [6.07, 6.45) is 0.765. The molecular weight excluding hydrogens is 450 g/mol. The molecule has 8 nitrogen and oxygen atoms in total. The third-order valence-electron chi connectivity index (χ3n) is 6.03. The predicted molar refractivity (Wildman–Crippen MR) is 126 cm³/mol. The number of esters is 1. The number of aldehydes is 1. The molecule has 4 aromatic rings. The van der Waals surface area contributed by atoms with E-state index >= 15 is 0 Å². The summed E-state index contributed by atoms with van der Waals surface area (Å²) in [6.45, 7) is 0.292. The van der Waals surface area contributed by atoms with Gasteiger partial charge in [0.05, 0.1) is 29.7 Å². The van der Waals surface area contributed by atoms with Crippen LogP contribution < -0.4 is 18.9 Å². The lowest BCUT2D eigenvalue weighted by atomic mass is 10.00. The number of para-hydroxylation sites is 1. The molecule has 3 aromatic carbocycles. The first-order valence-corrected chi connectivity index (χ1v) is 10.9. The van der Waals surface area contributed by atoms with Crippen molar-refractivity contribution in [1.82, 2.24) is 4.57 Å². The van der Waals surface area contributed by atoms with Crippen molar-refractivity contribution in [2.45, 2.75) is 0 Å². The van der Waals surface area contributed by atoms with E-state index in [2.05, 4.69) is 0 Å². The molecule has 0 saturated carbocycles. The van der Waals surface area contributed by atoms with Gasteiger partial charge in [0.2, 0.25) is 13.6 Å². The number of methoxy groups -OCH3 is 1. The zero-order chi connectivity index (χ0) is 23.9. The lowest BCUT2D eigenvalue weighted by Crippen LogP contribution is -2.10. The van der Waals surface area contributed by atoms with Gasteiger partial charge in [-0.2, -0.15) is 0 Å². The molecule has 0 N–H and O–H groups in total. The fraction of sp³-hybridized carbons (Fsp3) is 0.111. The molecule has 0 saturated heterocycles. The van der Waals surface area contributed by atoms with Crippen molar-refractivity contribution in [3.05, 3.63) is 78.0 Å². The molecule has 0 bridgehead atoms. The van der Waals surface area contributed by atoms with E-state index in [1.165, 1.54) is 7.11 Å². The molecule has 3 heterocycles. The van der Waals surface area contributed by atoms with E-state index in [1.807, 2.05) is 36.4 Å². The summed E-state index contributed by atoms with van der Waals surface area (Å²) in [6, 6.07) is 20.0. The smallest absolute Gasteiger partial charge is 0.339 e. The summed E-state index contributed by atoms with van der Waals surface area (Å²) in [5.41, 5.74) is 4.26. The Balaban J connectivity index is 1.65. The number of carbonyl (C=O) groups excluding carboxylic acids is 2. The van der Waals surface area contributed by atoms with Crippen molar-refractivity contribution in [1.29, 1.82) is 0 Å². The van der Waals surface area contributed by atoms with E-state index in [9.17, 15) is 9.59 Å². The maximum Gasteiger partial charge on any atom is 0.339 e. The van der Waals surface area contributed by atoms with Gasteiger partial charge in [-0.15, -0.1) is 0 Å². The highest BCUT2D eigenvalue weighted by Crippen LogP contribution is 2.44. The van der Waals surface area contributed by atoms with Crippen LogP contribution in [-0.2, 0) is 4.74 Å². The first-order chi connectivity index (χ1) is 17.2. The SMILES string of the molecule is COC(=O)c1ccccc1-n1c(C=O)cc(-c2ccc3c(c2)OCO3)c1-c1ccc2c(c1)OCO2. The number of fused-ring (bicyclic) bond motifs is 2. The number of hydrogen-bond acceptors (Lipinski definition) is 7. The highest BCUT2D eigenvalue weighted by molar-refractivity contribution is 5.97. The Morgan fingerprint density at radius 2 is 1.46 bits per heavy atom.